The van der Waals surface area contributed by atoms with Crippen LogP contribution in [0, 0.1) is 6.92 Å². The van der Waals surface area contributed by atoms with Crippen LogP contribution >= 0.6 is 0 Å². The minimum Gasteiger partial charge on any atom is -0.496 e. The van der Waals surface area contributed by atoms with Gasteiger partial charge in [0.15, 0.2) is 5.78 Å². The number of hydrogen-bond donors (Lipinski definition) is 0. The summed E-state index contributed by atoms with van der Waals surface area (Å²) in [6.45, 7) is 2.01. The molecule has 0 heterocycles. The maximum atomic E-state index is 12.5. The van der Waals surface area contributed by atoms with Crippen molar-refractivity contribution in [1.82, 2.24) is 0 Å². The second kappa shape index (κ2) is 5.57. The molecule has 1 aliphatic carbocycles. The molecular weight excluding hydrogens is 260 g/mol. The van der Waals surface area contributed by atoms with Crippen LogP contribution < -0.4 is 4.74 Å². The first-order valence-corrected chi connectivity index (χ1v) is 7.17. The lowest BCUT2D eigenvalue weighted by atomic mass is 9.86. The number of Topliss-reactive ketones (excluding diaryl/α,β-unsaturated/α-hetero) is 1. The Labute approximate surface area is 125 Å². The van der Waals surface area contributed by atoms with Crippen molar-refractivity contribution in [1.29, 1.82) is 0 Å². The number of benzene rings is 2. The van der Waals surface area contributed by atoms with Gasteiger partial charge >= 0.3 is 0 Å². The Hall–Kier alpha value is -2.35. The first-order chi connectivity index (χ1) is 10.2. The summed E-state index contributed by atoms with van der Waals surface area (Å²) in [5.41, 5.74) is 5.02. The predicted octanol–water partition coefficient (Wildman–Crippen LogP) is 4.22. The summed E-state index contributed by atoms with van der Waals surface area (Å²) in [4.78, 5) is 12.5. The third kappa shape index (κ3) is 2.62. The molecule has 0 radical (unpaired) electrons. The second-order valence-electron chi connectivity index (χ2n) is 5.38. The third-order valence-corrected chi connectivity index (χ3v) is 3.98. The lowest BCUT2D eigenvalue weighted by Crippen LogP contribution is -2.13. The summed E-state index contributed by atoms with van der Waals surface area (Å²) in [5.74, 6) is 1.03. The molecule has 0 amide bonds. The molecule has 0 unspecified atom stereocenters. The van der Waals surface area contributed by atoms with Crippen molar-refractivity contribution in [2.45, 2.75) is 19.8 Å². The van der Waals surface area contributed by atoms with Gasteiger partial charge in [-0.3, -0.25) is 4.79 Å². The van der Waals surface area contributed by atoms with Crippen molar-refractivity contribution < 1.29 is 9.53 Å². The zero-order chi connectivity index (χ0) is 14.8. The number of carbonyl (C=O) groups is 1. The lowest BCUT2D eigenvalue weighted by Gasteiger charge is -2.17. The van der Waals surface area contributed by atoms with E-state index in [2.05, 4.69) is 6.07 Å². The van der Waals surface area contributed by atoms with Gasteiger partial charge in [0.1, 0.15) is 5.75 Å². The van der Waals surface area contributed by atoms with Crippen molar-refractivity contribution in [2.24, 2.45) is 0 Å². The molecule has 0 atom stereocenters. The van der Waals surface area contributed by atoms with Crippen LogP contribution in [0.25, 0.3) is 6.08 Å². The maximum Gasteiger partial charge on any atom is 0.189 e. The fraction of sp³-hybridized carbons (Fsp3) is 0.211. The van der Waals surface area contributed by atoms with Crippen molar-refractivity contribution >= 4 is 11.9 Å². The highest BCUT2D eigenvalue weighted by molar-refractivity contribution is 6.13. The van der Waals surface area contributed by atoms with E-state index in [1.807, 2.05) is 49.4 Å². The van der Waals surface area contributed by atoms with Gasteiger partial charge < -0.3 is 4.74 Å². The summed E-state index contributed by atoms with van der Waals surface area (Å²) in [6, 6.07) is 13.9. The Balaban J connectivity index is 1.95. The van der Waals surface area contributed by atoms with Crippen LogP contribution in [0.15, 0.2) is 48.0 Å². The summed E-state index contributed by atoms with van der Waals surface area (Å²) in [6.07, 6.45) is 3.74. The van der Waals surface area contributed by atoms with E-state index in [4.69, 9.17) is 4.74 Å². The minimum absolute atomic E-state index is 0.158. The van der Waals surface area contributed by atoms with E-state index in [1.54, 1.807) is 7.11 Å². The Morgan fingerprint density at radius 2 is 1.90 bits per heavy atom. The SMILES string of the molecule is COc1ccc(/C=C2\CCc3ccccc3C2=O)cc1C. The normalized spacial score (nSPS) is 15.9. The molecule has 0 fully saturated rings. The summed E-state index contributed by atoms with van der Waals surface area (Å²) in [7, 11) is 1.67. The van der Waals surface area contributed by atoms with Crippen LogP contribution in [0.3, 0.4) is 0 Å². The van der Waals surface area contributed by atoms with Crippen LogP contribution in [0.5, 0.6) is 5.75 Å². The molecule has 3 rings (SSSR count). The molecule has 0 saturated carbocycles. The largest absolute Gasteiger partial charge is 0.496 e. The Bertz CT molecular complexity index is 726. The second-order valence-corrected chi connectivity index (χ2v) is 5.38. The topological polar surface area (TPSA) is 26.3 Å². The molecule has 2 aromatic carbocycles. The van der Waals surface area contributed by atoms with Crippen molar-refractivity contribution in [3.63, 3.8) is 0 Å². The van der Waals surface area contributed by atoms with Gasteiger partial charge in [0.25, 0.3) is 0 Å². The molecule has 0 aromatic heterocycles. The molecule has 0 bridgehead atoms. The van der Waals surface area contributed by atoms with Crippen LogP contribution in [0.4, 0.5) is 0 Å². The molecule has 0 spiro atoms. The zero-order valence-electron chi connectivity index (χ0n) is 12.3. The average Bonchev–Trinajstić information content (AvgIpc) is 2.51. The highest BCUT2D eigenvalue weighted by Gasteiger charge is 2.21. The first-order valence-electron chi connectivity index (χ1n) is 7.17. The van der Waals surface area contributed by atoms with Gasteiger partial charge in [0.05, 0.1) is 7.11 Å². The average molecular weight is 278 g/mol. The number of hydrogen-bond acceptors (Lipinski definition) is 2. The van der Waals surface area contributed by atoms with E-state index in [9.17, 15) is 4.79 Å². The Kier molecular flexibility index (Phi) is 3.61. The van der Waals surface area contributed by atoms with E-state index in [1.165, 1.54) is 0 Å². The zero-order valence-corrected chi connectivity index (χ0v) is 12.3. The van der Waals surface area contributed by atoms with E-state index >= 15 is 0 Å². The number of aryl methyl sites for hydroxylation is 2. The van der Waals surface area contributed by atoms with Gasteiger partial charge in [0.2, 0.25) is 0 Å². The molecule has 2 nitrogen and oxygen atoms in total. The molecular formula is C19H18O2. The summed E-state index contributed by atoms with van der Waals surface area (Å²) >= 11 is 0. The van der Waals surface area contributed by atoms with E-state index in [-0.39, 0.29) is 5.78 Å². The summed E-state index contributed by atoms with van der Waals surface area (Å²) in [5, 5.41) is 0. The van der Waals surface area contributed by atoms with Crippen molar-refractivity contribution in [2.75, 3.05) is 7.11 Å². The molecule has 2 aromatic rings. The molecule has 2 heteroatoms. The van der Waals surface area contributed by atoms with Gasteiger partial charge in [-0.25, -0.2) is 0 Å². The number of ether oxygens (including phenoxy) is 1. The highest BCUT2D eigenvalue weighted by Crippen LogP contribution is 2.27. The van der Waals surface area contributed by atoms with E-state index in [0.29, 0.717) is 0 Å². The monoisotopic (exact) mass is 278 g/mol. The molecule has 1 aliphatic rings. The quantitative estimate of drug-likeness (QED) is 0.769. The molecule has 0 saturated heterocycles. The number of ketones is 1. The maximum absolute atomic E-state index is 12.5. The number of methoxy groups -OCH3 is 1. The van der Waals surface area contributed by atoms with Crippen LogP contribution in [-0.2, 0) is 6.42 Å². The van der Waals surface area contributed by atoms with Gasteiger partial charge in [-0.15, -0.1) is 0 Å². The van der Waals surface area contributed by atoms with Gasteiger partial charge in [-0.1, -0.05) is 30.3 Å². The number of rotatable bonds is 2. The van der Waals surface area contributed by atoms with Crippen LogP contribution in [-0.4, -0.2) is 12.9 Å². The molecule has 106 valence electrons. The Morgan fingerprint density at radius 3 is 2.67 bits per heavy atom. The minimum atomic E-state index is 0.158. The van der Waals surface area contributed by atoms with Gasteiger partial charge in [-0.2, -0.15) is 0 Å². The predicted molar refractivity (Wildman–Crippen MR) is 84.8 cm³/mol. The van der Waals surface area contributed by atoms with Crippen molar-refractivity contribution in [3.05, 3.63) is 70.3 Å². The van der Waals surface area contributed by atoms with Gasteiger partial charge in [0, 0.05) is 11.1 Å². The van der Waals surface area contributed by atoms with Crippen LogP contribution in [0.1, 0.15) is 33.5 Å². The smallest absolute Gasteiger partial charge is 0.189 e. The van der Waals surface area contributed by atoms with Crippen LogP contribution in [0.2, 0.25) is 0 Å². The number of allylic oxidation sites excluding steroid dienone is 1. The van der Waals surface area contributed by atoms with Gasteiger partial charge in [-0.05, 0) is 54.7 Å². The standard InChI is InChI=1S/C19H18O2/c1-13-11-14(7-10-18(13)21-2)12-16-9-8-15-5-3-4-6-17(15)19(16)20/h3-7,10-12H,8-9H2,1-2H3/b16-12+. The van der Waals surface area contributed by atoms with E-state index < -0.39 is 0 Å². The third-order valence-electron chi connectivity index (χ3n) is 3.98. The fourth-order valence-electron chi connectivity index (χ4n) is 2.85. The van der Waals surface area contributed by atoms with Crippen molar-refractivity contribution in [3.8, 4) is 5.75 Å². The van der Waals surface area contributed by atoms with E-state index in [0.717, 1.165) is 46.4 Å². The number of carbonyl (C=O) groups excluding carboxylic acids is 1. The molecule has 0 N–H and O–H groups in total. The first kappa shape index (κ1) is 13.6. The lowest BCUT2D eigenvalue weighted by molar-refractivity contribution is 0.102. The summed E-state index contributed by atoms with van der Waals surface area (Å²) < 4.78 is 5.27. The highest BCUT2D eigenvalue weighted by atomic mass is 16.5. The number of fused-ring (bicyclic) bond motifs is 1. The molecule has 0 aliphatic heterocycles. The Morgan fingerprint density at radius 1 is 1.10 bits per heavy atom. The molecule has 21 heavy (non-hydrogen) atoms. The fourth-order valence-corrected chi connectivity index (χ4v) is 2.85.